The summed E-state index contributed by atoms with van der Waals surface area (Å²) in [4.78, 5) is 11.3. The van der Waals surface area contributed by atoms with Crippen LogP contribution in [0.2, 0.25) is 0 Å². The highest BCUT2D eigenvalue weighted by atomic mass is 127. The molecule has 0 aromatic heterocycles. The molecular weight excluding hydrogens is 307 g/mol. The summed E-state index contributed by atoms with van der Waals surface area (Å²) >= 11 is 2.14. The van der Waals surface area contributed by atoms with E-state index in [4.69, 9.17) is 4.74 Å². The number of rotatable bonds is 4. The fraction of sp³-hybridized carbons (Fsp3) is 0.182. The van der Waals surface area contributed by atoms with Crippen LogP contribution in [0.3, 0.4) is 0 Å². The highest BCUT2D eigenvalue weighted by molar-refractivity contribution is 14.1. The van der Waals surface area contributed by atoms with E-state index in [2.05, 4.69) is 33.9 Å². The Bertz CT molecular complexity index is 374. The molecule has 4 heteroatoms. The second-order valence-electron chi connectivity index (χ2n) is 2.74. The van der Waals surface area contributed by atoms with Crippen LogP contribution in [0, 0.1) is 3.57 Å². The predicted octanol–water partition coefficient (Wildman–Crippen LogP) is 2.64. The number of hydrogen-bond donors (Lipinski definition) is 0. The van der Waals surface area contributed by atoms with Gasteiger partial charge in [-0.3, -0.25) is 0 Å². The lowest BCUT2D eigenvalue weighted by Crippen LogP contribution is -2.03. The Morgan fingerprint density at radius 3 is 2.93 bits per heavy atom. The Balaban J connectivity index is 2.94. The Labute approximate surface area is 102 Å². The van der Waals surface area contributed by atoms with Gasteiger partial charge in [-0.25, -0.2) is 4.79 Å². The van der Waals surface area contributed by atoms with E-state index in [-0.39, 0.29) is 5.97 Å². The van der Waals surface area contributed by atoms with Crippen LogP contribution in [0.25, 0.3) is 0 Å². The molecule has 0 aliphatic rings. The summed E-state index contributed by atoms with van der Waals surface area (Å²) in [6.45, 7) is 3.98. The number of carbonyl (C=O) groups excluding carboxylic acids is 1. The minimum absolute atomic E-state index is 0.366. The SMILES string of the molecule is C=CCOc1cc(C(=O)OC)ccc1I. The molecule has 0 fully saturated rings. The number of halogens is 1. The largest absolute Gasteiger partial charge is 0.488 e. The smallest absolute Gasteiger partial charge is 0.337 e. The summed E-state index contributed by atoms with van der Waals surface area (Å²) in [5.41, 5.74) is 0.483. The molecule has 0 aliphatic carbocycles. The molecule has 1 aromatic rings. The molecule has 80 valence electrons. The summed E-state index contributed by atoms with van der Waals surface area (Å²) in [6.07, 6.45) is 1.65. The third-order valence-corrected chi connectivity index (χ3v) is 2.60. The molecule has 3 nitrogen and oxygen atoms in total. The summed E-state index contributed by atoms with van der Waals surface area (Å²) in [5, 5.41) is 0. The van der Waals surface area contributed by atoms with Crippen molar-refractivity contribution in [2.75, 3.05) is 13.7 Å². The molecule has 0 spiro atoms. The van der Waals surface area contributed by atoms with E-state index in [1.807, 2.05) is 6.07 Å². The van der Waals surface area contributed by atoms with E-state index in [0.717, 1.165) is 3.57 Å². The van der Waals surface area contributed by atoms with Gasteiger partial charge in [-0.15, -0.1) is 0 Å². The zero-order valence-corrected chi connectivity index (χ0v) is 10.5. The van der Waals surface area contributed by atoms with Gasteiger partial charge in [-0.2, -0.15) is 0 Å². The lowest BCUT2D eigenvalue weighted by Gasteiger charge is -2.07. The first-order valence-corrected chi connectivity index (χ1v) is 5.38. The summed E-state index contributed by atoms with van der Waals surface area (Å²) < 4.78 is 11.0. The summed E-state index contributed by atoms with van der Waals surface area (Å²) in [7, 11) is 1.35. The highest BCUT2D eigenvalue weighted by Crippen LogP contribution is 2.22. The number of carbonyl (C=O) groups is 1. The Morgan fingerprint density at radius 2 is 2.33 bits per heavy atom. The van der Waals surface area contributed by atoms with Crippen LogP contribution >= 0.6 is 22.6 Å². The zero-order valence-electron chi connectivity index (χ0n) is 8.33. The van der Waals surface area contributed by atoms with Gasteiger partial charge in [0, 0.05) is 0 Å². The van der Waals surface area contributed by atoms with Crippen molar-refractivity contribution in [3.63, 3.8) is 0 Å². The number of hydrogen-bond acceptors (Lipinski definition) is 3. The quantitative estimate of drug-likeness (QED) is 0.486. The van der Waals surface area contributed by atoms with Gasteiger partial charge in [0.25, 0.3) is 0 Å². The van der Waals surface area contributed by atoms with Crippen molar-refractivity contribution in [2.45, 2.75) is 0 Å². The van der Waals surface area contributed by atoms with Gasteiger partial charge in [0.15, 0.2) is 0 Å². The second kappa shape index (κ2) is 5.75. The van der Waals surface area contributed by atoms with Crippen molar-refractivity contribution in [1.82, 2.24) is 0 Å². The minimum Gasteiger partial charge on any atom is -0.488 e. The van der Waals surface area contributed by atoms with E-state index in [9.17, 15) is 4.79 Å². The molecular formula is C11H11IO3. The van der Waals surface area contributed by atoms with Crippen molar-refractivity contribution in [2.24, 2.45) is 0 Å². The van der Waals surface area contributed by atoms with Crippen LogP contribution in [0.5, 0.6) is 5.75 Å². The number of methoxy groups -OCH3 is 1. The van der Waals surface area contributed by atoms with Crippen molar-refractivity contribution in [1.29, 1.82) is 0 Å². The lowest BCUT2D eigenvalue weighted by molar-refractivity contribution is 0.0600. The molecule has 0 N–H and O–H groups in total. The number of esters is 1. The van der Waals surface area contributed by atoms with Gasteiger partial charge in [0.1, 0.15) is 12.4 Å². The maximum atomic E-state index is 11.3. The molecule has 1 aromatic carbocycles. The molecule has 0 saturated heterocycles. The fourth-order valence-corrected chi connectivity index (χ4v) is 1.50. The topological polar surface area (TPSA) is 35.5 Å². The van der Waals surface area contributed by atoms with Crippen LogP contribution in [0.1, 0.15) is 10.4 Å². The minimum atomic E-state index is -0.366. The van der Waals surface area contributed by atoms with Gasteiger partial charge in [-0.05, 0) is 40.8 Å². The molecule has 15 heavy (non-hydrogen) atoms. The average molecular weight is 318 g/mol. The van der Waals surface area contributed by atoms with Gasteiger partial charge >= 0.3 is 5.97 Å². The highest BCUT2D eigenvalue weighted by Gasteiger charge is 2.08. The van der Waals surface area contributed by atoms with E-state index in [1.165, 1.54) is 7.11 Å². The van der Waals surface area contributed by atoms with Crippen molar-refractivity contribution in [3.8, 4) is 5.75 Å². The first-order valence-electron chi connectivity index (χ1n) is 4.30. The van der Waals surface area contributed by atoms with Gasteiger partial charge in [0.2, 0.25) is 0 Å². The Kier molecular flexibility index (Phi) is 4.61. The van der Waals surface area contributed by atoms with E-state index < -0.39 is 0 Å². The lowest BCUT2D eigenvalue weighted by atomic mass is 10.2. The van der Waals surface area contributed by atoms with Crippen molar-refractivity contribution in [3.05, 3.63) is 40.0 Å². The molecule has 0 radical (unpaired) electrons. The first-order chi connectivity index (χ1) is 7.19. The molecule has 0 aliphatic heterocycles. The van der Waals surface area contributed by atoms with Gasteiger partial charge in [-0.1, -0.05) is 12.7 Å². The van der Waals surface area contributed by atoms with Crippen molar-refractivity contribution >= 4 is 28.6 Å². The maximum absolute atomic E-state index is 11.3. The Morgan fingerprint density at radius 1 is 1.60 bits per heavy atom. The normalized spacial score (nSPS) is 9.47. The summed E-state index contributed by atoms with van der Waals surface area (Å²) in [6, 6.07) is 5.18. The number of benzene rings is 1. The third-order valence-electron chi connectivity index (χ3n) is 1.71. The Hall–Kier alpha value is -1.04. The second-order valence-corrected chi connectivity index (χ2v) is 3.90. The average Bonchev–Trinajstić information content (AvgIpc) is 2.27. The molecule has 0 bridgehead atoms. The molecule has 0 unspecified atom stereocenters. The van der Waals surface area contributed by atoms with E-state index in [0.29, 0.717) is 17.9 Å². The summed E-state index contributed by atoms with van der Waals surface area (Å²) in [5.74, 6) is 0.299. The third kappa shape index (κ3) is 3.23. The van der Waals surface area contributed by atoms with Crippen LogP contribution in [-0.2, 0) is 4.74 Å². The maximum Gasteiger partial charge on any atom is 0.337 e. The molecule has 0 amide bonds. The molecule has 0 heterocycles. The zero-order chi connectivity index (χ0) is 11.3. The predicted molar refractivity (Wildman–Crippen MR) is 66.2 cm³/mol. The fourth-order valence-electron chi connectivity index (χ4n) is 1.01. The van der Waals surface area contributed by atoms with E-state index in [1.54, 1.807) is 18.2 Å². The van der Waals surface area contributed by atoms with E-state index >= 15 is 0 Å². The molecule has 1 rings (SSSR count). The number of ether oxygens (including phenoxy) is 2. The van der Waals surface area contributed by atoms with Crippen LogP contribution in [0.4, 0.5) is 0 Å². The van der Waals surface area contributed by atoms with Crippen molar-refractivity contribution < 1.29 is 14.3 Å². The van der Waals surface area contributed by atoms with Crippen LogP contribution < -0.4 is 4.74 Å². The van der Waals surface area contributed by atoms with Gasteiger partial charge in [0.05, 0.1) is 16.2 Å². The van der Waals surface area contributed by atoms with Crippen LogP contribution in [-0.4, -0.2) is 19.7 Å². The first kappa shape index (κ1) is 12.0. The standard InChI is InChI=1S/C11H11IO3/c1-3-6-15-10-7-8(11(13)14-2)4-5-9(10)12/h3-5,7H,1,6H2,2H3. The molecule has 0 atom stereocenters. The van der Waals surface area contributed by atoms with Gasteiger partial charge < -0.3 is 9.47 Å². The monoisotopic (exact) mass is 318 g/mol. The van der Waals surface area contributed by atoms with Crippen LogP contribution in [0.15, 0.2) is 30.9 Å². The molecule has 0 saturated carbocycles.